The number of hydrogen-bond donors (Lipinski definition) is 3. The van der Waals surface area contributed by atoms with Crippen molar-refractivity contribution in [2.75, 3.05) is 20.1 Å². The normalized spacial score (nSPS) is 20.1. The number of hydrogen-bond acceptors (Lipinski definition) is 4. The van der Waals surface area contributed by atoms with Crippen LogP contribution in [0.4, 0.5) is 0 Å². The van der Waals surface area contributed by atoms with Gasteiger partial charge >= 0.3 is 0 Å². The van der Waals surface area contributed by atoms with Gasteiger partial charge in [0.15, 0.2) is 0 Å². The van der Waals surface area contributed by atoms with E-state index in [2.05, 4.69) is 15.5 Å². The molecule has 1 heterocycles. The monoisotopic (exact) mass is 345 g/mol. The summed E-state index contributed by atoms with van der Waals surface area (Å²) in [6, 6.07) is 7.94. The van der Waals surface area contributed by atoms with E-state index in [9.17, 15) is 14.7 Å². The lowest BCUT2D eigenvalue weighted by Gasteiger charge is -2.33. The van der Waals surface area contributed by atoms with E-state index in [4.69, 9.17) is 0 Å². The standard InChI is InChI=1S/C19H27N3O3/c1-20-18(24)15-4-2-3-13(11-15)12-22-9-7-14(8-10-22)17(23)19(25)21-16-5-6-16/h2-4,11,14,16-17,23H,5-10,12H2,1H3,(H,20,24)(H,21,25). The summed E-state index contributed by atoms with van der Waals surface area (Å²) in [5.41, 5.74) is 1.77. The van der Waals surface area contributed by atoms with Crippen LogP contribution >= 0.6 is 0 Å². The van der Waals surface area contributed by atoms with Gasteiger partial charge < -0.3 is 15.7 Å². The lowest BCUT2D eigenvalue weighted by Crippen LogP contribution is -2.44. The SMILES string of the molecule is CNC(=O)c1cccc(CN2CCC(C(O)C(=O)NC3CC3)CC2)c1. The van der Waals surface area contributed by atoms with Crippen LogP contribution in [0.3, 0.4) is 0 Å². The fraction of sp³-hybridized carbons (Fsp3) is 0.579. The van der Waals surface area contributed by atoms with Crippen molar-refractivity contribution in [3.63, 3.8) is 0 Å². The quantitative estimate of drug-likeness (QED) is 0.715. The molecule has 1 aliphatic heterocycles. The average molecular weight is 345 g/mol. The Morgan fingerprint density at radius 2 is 1.96 bits per heavy atom. The number of aliphatic hydroxyl groups is 1. The third kappa shape index (κ3) is 4.80. The maximum absolute atomic E-state index is 12.0. The number of nitrogens with one attached hydrogen (secondary N) is 2. The van der Waals surface area contributed by atoms with Gasteiger partial charge in [-0.1, -0.05) is 12.1 Å². The first-order valence-electron chi connectivity index (χ1n) is 9.08. The third-order valence-electron chi connectivity index (χ3n) is 5.09. The van der Waals surface area contributed by atoms with Crippen LogP contribution in [0, 0.1) is 5.92 Å². The highest BCUT2D eigenvalue weighted by Crippen LogP contribution is 2.24. The summed E-state index contributed by atoms with van der Waals surface area (Å²) in [5.74, 6) is -0.253. The highest BCUT2D eigenvalue weighted by atomic mass is 16.3. The second-order valence-electron chi connectivity index (χ2n) is 7.12. The third-order valence-corrected chi connectivity index (χ3v) is 5.09. The molecule has 25 heavy (non-hydrogen) atoms. The Balaban J connectivity index is 1.49. The van der Waals surface area contributed by atoms with Gasteiger partial charge in [0.1, 0.15) is 6.10 Å². The minimum atomic E-state index is -0.890. The van der Waals surface area contributed by atoms with E-state index >= 15 is 0 Å². The summed E-state index contributed by atoms with van der Waals surface area (Å²) in [4.78, 5) is 26.0. The van der Waals surface area contributed by atoms with Crippen molar-refractivity contribution in [3.8, 4) is 0 Å². The number of likely N-dealkylation sites (tertiary alicyclic amines) is 1. The Morgan fingerprint density at radius 3 is 2.60 bits per heavy atom. The molecule has 2 fully saturated rings. The summed E-state index contributed by atoms with van der Waals surface area (Å²) >= 11 is 0. The van der Waals surface area contributed by atoms with Crippen molar-refractivity contribution in [2.24, 2.45) is 5.92 Å². The summed E-state index contributed by atoms with van der Waals surface area (Å²) in [6.45, 7) is 2.48. The van der Waals surface area contributed by atoms with Crippen molar-refractivity contribution in [1.29, 1.82) is 0 Å². The molecule has 2 aliphatic rings. The molecule has 0 spiro atoms. The lowest BCUT2D eigenvalue weighted by molar-refractivity contribution is -0.133. The number of aliphatic hydroxyl groups excluding tert-OH is 1. The number of rotatable bonds is 6. The number of carbonyl (C=O) groups is 2. The summed E-state index contributed by atoms with van der Waals surface area (Å²) < 4.78 is 0. The Bertz CT molecular complexity index is 622. The first kappa shape index (κ1) is 17.9. The number of amides is 2. The molecular weight excluding hydrogens is 318 g/mol. The van der Waals surface area contributed by atoms with E-state index in [-0.39, 0.29) is 23.8 Å². The van der Waals surface area contributed by atoms with Gasteiger partial charge in [0.2, 0.25) is 5.91 Å². The molecule has 1 atom stereocenters. The van der Waals surface area contributed by atoms with Crippen LogP contribution in [0.15, 0.2) is 24.3 Å². The van der Waals surface area contributed by atoms with Gasteiger partial charge in [-0.3, -0.25) is 14.5 Å². The maximum Gasteiger partial charge on any atom is 0.251 e. The van der Waals surface area contributed by atoms with Crippen LogP contribution in [0.25, 0.3) is 0 Å². The Labute approximate surface area is 148 Å². The van der Waals surface area contributed by atoms with Crippen LogP contribution in [0.1, 0.15) is 41.6 Å². The molecule has 2 amide bonds. The van der Waals surface area contributed by atoms with Gasteiger partial charge in [0, 0.05) is 25.2 Å². The molecule has 0 aromatic heterocycles. The highest BCUT2D eigenvalue weighted by Gasteiger charge is 2.32. The number of benzene rings is 1. The van der Waals surface area contributed by atoms with Crippen molar-refractivity contribution < 1.29 is 14.7 Å². The topological polar surface area (TPSA) is 81.7 Å². The fourth-order valence-electron chi connectivity index (χ4n) is 3.37. The number of piperidine rings is 1. The van der Waals surface area contributed by atoms with Crippen LogP contribution in [0.5, 0.6) is 0 Å². The molecule has 0 bridgehead atoms. The van der Waals surface area contributed by atoms with Gasteiger partial charge in [0.25, 0.3) is 5.91 Å². The van der Waals surface area contributed by atoms with Gasteiger partial charge in [-0.25, -0.2) is 0 Å². The van der Waals surface area contributed by atoms with E-state index in [0.717, 1.165) is 50.9 Å². The predicted octanol–water partition coefficient (Wildman–Crippen LogP) is 0.898. The minimum absolute atomic E-state index is 0.0344. The molecule has 1 aliphatic carbocycles. The Hall–Kier alpha value is -1.92. The molecule has 1 unspecified atom stereocenters. The molecule has 1 saturated carbocycles. The summed E-state index contributed by atoms with van der Waals surface area (Å²) in [5, 5.41) is 15.8. The van der Waals surface area contributed by atoms with Gasteiger partial charge in [0.05, 0.1) is 0 Å². The van der Waals surface area contributed by atoms with E-state index in [1.165, 1.54) is 0 Å². The lowest BCUT2D eigenvalue weighted by atomic mass is 9.90. The molecule has 6 nitrogen and oxygen atoms in total. The molecule has 6 heteroatoms. The predicted molar refractivity (Wildman–Crippen MR) is 95.0 cm³/mol. The highest BCUT2D eigenvalue weighted by molar-refractivity contribution is 5.94. The van der Waals surface area contributed by atoms with Crippen molar-refractivity contribution in [1.82, 2.24) is 15.5 Å². The minimum Gasteiger partial charge on any atom is -0.383 e. The van der Waals surface area contributed by atoms with Crippen molar-refractivity contribution in [2.45, 2.75) is 44.4 Å². The van der Waals surface area contributed by atoms with E-state index in [1.54, 1.807) is 7.05 Å². The molecule has 1 aromatic rings. The van der Waals surface area contributed by atoms with E-state index in [0.29, 0.717) is 5.56 Å². The Kier molecular flexibility index (Phi) is 5.71. The molecule has 3 rings (SSSR count). The molecule has 136 valence electrons. The van der Waals surface area contributed by atoms with Crippen LogP contribution in [0.2, 0.25) is 0 Å². The van der Waals surface area contributed by atoms with Crippen LogP contribution in [-0.4, -0.2) is 54.1 Å². The molecule has 3 N–H and O–H groups in total. The largest absolute Gasteiger partial charge is 0.383 e. The number of nitrogens with zero attached hydrogens (tertiary/aromatic N) is 1. The Morgan fingerprint density at radius 1 is 1.24 bits per heavy atom. The smallest absolute Gasteiger partial charge is 0.251 e. The van der Waals surface area contributed by atoms with E-state index in [1.807, 2.05) is 24.3 Å². The maximum atomic E-state index is 12.0. The van der Waals surface area contributed by atoms with Crippen molar-refractivity contribution in [3.05, 3.63) is 35.4 Å². The molecule has 1 saturated heterocycles. The average Bonchev–Trinajstić information content (AvgIpc) is 3.45. The van der Waals surface area contributed by atoms with Gasteiger partial charge in [-0.05, 0) is 62.4 Å². The molecule has 0 radical (unpaired) electrons. The fourth-order valence-corrected chi connectivity index (χ4v) is 3.37. The van der Waals surface area contributed by atoms with Crippen LogP contribution < -0.4 is 10.6 Å². The second-order valence-corrected chi connectivity index (χ2v) is 7.12. The number of carbonyl (C=O) groups excluding carboxylic acids is 2. The van der Waals surface area contributed by atoms with Gasteiger partial charge in [-0.2, -0.15) is 0 Å². The first-order chi connectivity index (χ1) is 12.1. The molecule has 1 aromatic carbocycles. The molecular formula is C19H27N3O3. The summed E-state index contributed by atoms with van der Waals surface area (Å²) in [7, 11) is 1.63. The zero-order chi connectivity index (χ0) is 17.8. The summed E-state index contributed by atoms with van der Waals surface area (Å²) in [6.07, 6.45) is 2.81. The second kappa shape index (κ2) is 7.97. The van der Waals surface area contributed by atoms with Crippen molar-refractivity contribution >= 4 is 11.8 Å². The van der Waals surface area contributed by atoms with E-state index < -0.39 is 6.10 Å². The van der Waals surface area contributed by atoms with Gasteiger partial charge in [-0.15, -0.1) is 0 Å². The zero-order valence-corrected chi connectivity index (χ0v) is 14.7. The van der Waals surface area contributed by atoms with Crippen LogP contribution in [-0.2, 0) is 11.3 Å². The zero-order valence-electron chi connectivity index (χ0n) is 14.7. The first-order valence-corrected chi connectivity index (χ1v) is 9.08.